The van der Waals surface area contributed by atoms with Gasteiger partial charge in [-0.15, -0.1) is 10.1 Å². The van der Waals surface area contributed by atoms with Gasteiger partial charge in [0.1, 0.15) is 5.75 Å². The van der Waals surface area contributed by atoms with Gasteiger partial charge in [0.25, 0.3) is 10.7 Å². The van der Waals surface area contributed by atoms with Crippen LogP contribution < -0.4 is 4.74 Å². The van der Waals surface area contributed by atoms with Crippen molar-refractivity contribution in [2.75, 3.05) is 13.7 Å². The predicted molar refractivity (Wildman–Crippen MR) is 68.5 cm³/mol. The number of carbonyl (C=O) groups excluding carboxylic acids is 2. The summed E-state index contributed by atoms with van der Waals surface area (Å²) in [6.45, 7) is 1.52. The van der Waals surface area contributed by atoms with Gasteiger partial charge in [-0.25, -0.2) is 4.79 Å². The van der Waals surface area contributed by atoms with Gasteiger partial charge in [-0.1, -0.05) is 0 Å². The summed E-state index contributed by atoms with van der Waals surface area (Å²) in [5, 5.41) is 9.53. The molecule has 1 aliphatic rings. The summed E-state index contributed by atoms with van der Waals surface area (Å²) in [5.41, 5.74) is -1.64. The van der Waals surface area contributed by atoms with Crippen LogP contribution in [0, 0.1) is 10.1 Å². The van der Waals surface area contributed by atoms with E-state index >= 15 is 0 Å². The Labute approximate surface area is 119 Å². The second-order valence-electron chi connectivity index (χ2n) is 4.39. The smallest absolute Gasteiger partial charge is 0.347 e. The van der Waals surface area contributed by atoms with Gasteiger partial charge in [-0.2, -0.15) is 0 Å². The highest BCUT2D eigenvalue weighted by Gasteiger charge is 2.56. The molecule has 8 heteroatoms. The highest BCUT2D eigenvalue weighted by atomic mass is 17.0. The zero-order valence-electron chi connectivity index (χ0n) is 11.5. The van der Waals surface area contributed by atoms with E-state index in [4.69, 9.17) is 9.47 Å². The first kappa shape index (κ1) is 14.8. The summed E-state index contributed by atoms with van der Waals surface area (Å²) in [5.74, 6) is -1.38. The van der Waals surface area contributed by atoms with E-state index < -0.39 is 22.4 Å². The van der Waals surface area contributed by atoms with Crippen LogP contribution in [0.5, 0.6) is 5.75 Å². The first-order chi connectivity index (χ1) is 9.94. The molecule has 0 spiro atoms. The fourth-order valence-electron chi connectivity index (χ4n) is 2.28. The monoisotopic (exact) mass is 295 g/mol. The largest absolute Gasteiger partial charge is 0.497 e. The van der Waals surface area contributed by atoms with Crippen LogP contribution >= 0.6 is 0 Å². The van der Waals surface area contributed by atoms with Gasteiger partial charge >= 0.3 is 5.97 Å². The van der Waals surface area contributed by atoms with Crippen molar-refractivity contribution < 1.29 is 29.0 Å². The lowest BCUT2D eigenvalue weighted by Gasteiger charge is -2.21. The molecule has 8 nitrogen and oxygen atoms in total. The van der Waals surface area contributed by atoms with Gasteiger partial charge in [0, 0.05) is 12.0 Å². The van der Waals surface area contributed by atoms with Gasteiger partial charge < -0.3 is 9.47 Å². The standard InChI is InChI=1S/C13H13NO7/c1-3-20-12(16)13(21-14(17)18)7-8-6-9(19-2)4-5-10(8)11(13)15/h4-6H,3,7H2,1-2H3/t13-/m1/s1. The van der Waals surface area contributed by atoms with Crippen LogP contribution in [0.4, 0.5) is 0 Å². The van der Waals surface area contributed by atoms with Crippen molar-refractivity contribution in [3.05, 3.63) is 39.4 Å². The average molecular weight is 295 g/mol. The van der Waals surface area contributed by atoms with Crippen molar-refractivity contribution in [2.45, 2.75) is 18.9 Å². The molecule has 0 unspecified atom stereocenters. The number of Topliss-reactive ketones (excluding diaryl/α,β-unsaturated/α-hetero) is 1. The molecule has 0 radical (unpaired) electrons. The molecule has 0 bridgehead atoms. The summed E-state index contributed by atoms with van der Waals surface area (Å²) in [6.07, 6.45) is -0.266. The summed E-state index contributed by atoms with van der Waals surface area (Å²) in [4.78, 5) is 39.6. The van der Waals surface area contributed by atoms with E-state index in [1.54, 1.807) is 0 Å². The summed E-state index contributed by atoms with van der Waals surface area (Å²) in [7, 11) is 1.45. The van der Waals surface area contributed by atoms with Crippen LogP contribution in [0.3, 0.4) is 0 Å². The van der Waals surface area contributed by atoms with E-state index in [1.807, 2.05) is 0 Å². The second-order valence-corrected chi connectivity index (χ2v) is 4.39. The molecule has 1 aromatic rings. The number of benzene rings is 1. The van der Waals surface area contributed by atoms with E-state index in [9.17, 15) is 19.7 Å². The van der Waals surface area contributed by atoms with Crippen LogP contribution in [0.25, 0.3) is 0 Å². The minimum Gasteiger partial charge on any atom is -0.497 e. The number of ketones is 1. The topological polar surface area (TPSA) is 105 Å². The Hall–Kier alpha value is -2.64. The molecule has 0 saturated carbocycles. The Morgan fingerprint density at radius 2 is 2.19 bits per heavy atom. The zero-order valence-corrected chi connectivity index (χ0v) is 11.5. The number of fused-ring (bicyclic) bond motifs is 1. The van der Waals surface area contributed by atoms with Gasteiger partial charge in [0.15, 0.2) is 0 Å². The Kier molecular flexibility index (Phi) is 3.79. The average Bonchev–Trinajstić information content (AvgIpc) is 2.71. The molecule has 112 valence electrons. The van der Waals surface area contributed by atoms with Gasteiger partial charge in [-0.3, -0.25) is 9.63 Å². The van der Waals surface area contributed by atoms with Crippen LogP contribution in [-0.4, -0.2) is 36.2 Å². The number of rotatable bonds is 5. The van der Waals surface area contributed by atoms with Crippen molar-refractivity contribution >= 4 is 11.8 Å². The first-order valence-corrected chi connectivity index (χ1v) is 6.17. The summed E-state index contributed by atoms with van der Waals surface area (Å²) < 4.78 is 9.80. The Bertz CT molecular complexity index is 613. The maximum Gasteiger partial charge on any atom is 0.347 e. The maximum atomic E-state index is 12.4. The van der Waals surface area contributed by atoms with E-state index in [0.29, 0.717) is 11.3 Å². The molecule has 0 saturated heterocycles. The number of hydrogen-bond acceptors (Lipinski definition) is 7. The van der Waals surface area contributed by atoms with E-state index in [-0.39, 0.29) is 18.6 Å². The third-order valence-corrected chi connectivity index (χ3v) is 3.20. The van der Waals surface area contributed by atoms with Gasteiger partial charge in [0.2, 0.25) is 5.78 Å². The second kappa shape index (κ2) is 5.39. The van der Waals surface area contributed by atoms with Crippen molar-refractivity contribution in [1.82, 2.24) is 0 Å². The molecule has 0 amide bonds. The molecule has 21 heavy (non-hydrogen) atoms. The highest BCUT2D eigenvalue weighted by Crippen LogP contribution is 2.36. The molecule has 2 rings (SSSR count). The fraction of sp³-hybridized carbons (Fsp3) is 0.385. The lowest BCUT2D eigenvalue weighted by molar-refractivity contribution is -0.771. The van der Waals surface area contributed by atoms with Crippen molar-refractivity contribution in [2.24, 2.45) is 0 Å². The predicted octanol–water partition coefficient (Wildman–Crippen LogP) is 0.944. The van der Waals surface area contributed by atoms with E-state index in [2.05, 4.69) is 4.84 Å². The summed E-state index contributed by atoms with van der Waals surface area (Å²) in [6, 6.07) is 4.52. The third-order valence-electron chi connectivity index (χ3n) is 3.20. The Morgan fingerprint density at radius 3 is 2.76 bits per heavy atom. The number of ether oxygens (including phenoxy) is 2. The molecule has 0 fully saturated rings. The molecular formula is C13H13NO7. The number of esters is 1. The van der Waals surface area contributed by atoms with Crippen LogP contribution in [0.15, 0.2) is 18.2 Å². The van der Waals surface area contributed by atoms with Gasteiger partial charge in [-0.05, 0) is 30.7 Å². The van der Waals surface area contributed by atoms with Crippen LogP contribution in [0.2, 0.25) is 0 Å². The summed E-state index contributed by atoms with van der Waals surface area (Å²) >= 11 is 0. The van der Waals surface area contributed by atoms with Gasteiger partial charge in [0.05, 0.1) is 13.7 Å². The Morgan fingerprint density at radius 1 is 1.48 bits per heavy atom. The van der Waals surface area contributed by atoms with Crippen molar-refractivity contribution in [3.63, 3.8) is 0 Å². The minimum atomic E-state index is -2.27. The quantitative estimate of drug-likeness (QED) is 0.344. The number of hydrogen-bond donors (Lipinski definition) is 0. The lowest BCUT2D eigenvalue weighted by atomic mass is 9.99. The number of nitrogens with zero attached hydrogens (tertiary/aromatic N) is 1. The number of methoxy groups -OCH3 is 1. The zero-order chi connectivity index (χ0) is 15.6. The first-order valence-electron chi connectivity index (χ1n) is 6.17. The third kappa shape index (κ3) is 2.39. The molecule has 0 heterocycles. The van der Waals surface area contributed by atoms with Crippen LogP contribution in [-0.2, 0) is 20.8 Å². The highest BCUT2D eigenvalue weighted by molar-refractivity contribution is 6.19. The molecule has 1 aliphatic carbocycles. The van der Waals surface area contributed by atoms with Crippen molar-refractivity contribution in [1.29, 1.82) is 0 Å². The van der Waals surface area contributed by atoms with E-state index in [0.717, 1.165) is 0 Å². The molecule has 0 aromatic heterocycles. The van der Waals surface area contributed by atoms with Crippen LogP contribution in [0.1, 0.15) is 22.8 Å². The maximum absolute atomic E-state index is 12.4. The Balaban J connectivity index is 2.47. The molecule has 0 N–H and O–H groups in total. The molecular weight excluding hydrogens is 282 g/mol. The molecule has 1 atom stereocenters. The number of carbonyl (C=O) groups is 2. The minimum absolute atomic E-state index is 0.0192. The van der Waals surface area contributed by atoms with Crippen molar-refractivity contribution in [3.8, 4) is 5.75 Å². The normalized spacial score (nSPS) is 19.8. The molecule has 0 aliphatic heterocycles. The van der Waals surface area contributed by atoms with E-state index in [1.165, 1.54) is 32.2 Å². The SMILES string of the molecule is CCOC(=O)[C@@]1(O[N+](=O)[O-])Cc2cc(OC)ccc2C1=O. The molecule has 1 aromatic carbocycles. The lowest BCUT2D eigenvalue weighted by Crippen LogP contribution is -2.49. The fourth-order valence-corrected chi connectivity index (χ4v) is 2.28.